The standard InChI is InChI=1S/C16H25BrN2O/c1-2-7-18-13-14-12-15(17)5-6-16(14)20-11-10-19-8-3-4-9-19/h5-6,12,18H,2-4,7-11,13H2,1H3. The molecule has 0 atom stereocenters. The van der Waals surface area contributed by atoms with E-state index in [-0.39, 0.29) is 0 Å². The molecular weight excluding hydrogens is 316 g/mol. The number of nitrogens with zero attached hydrogens (tertiary/aromatic N) is 1. The summed E-state index contributed by atoms with van der Waals surface area (Å²) in [5.74, 6) is 1.01. The molecule has 0 aromatic heterocycles. The first-order valence-corrected chi connectivity index (χ1v) is 8.43. The number of halogens is 1. The number of benzene rings is 1. The molecule has 1 aliphatic rings. The number of hydrogen-bond acceptors (Lipinski definition) is 3. The lowest BCUT2D eigenvalue weighted by Crippen LogP contribution is -2.25. The molecule has 1 saturated heterocycles. The Morgan fingerprint density at radius 2 is 2.10 bits per heavy atom. The van der Waals surface area contributed by atoms with E-state index in [0.717, 1.165) is 42.9 Å². The SMILES string of the molecule is CCCNCc1cc(Br)ccc1OCCN1CCCC1. The van der Waals surface area contributed by atoms with Crippen LogP contribution in [0.25, 0.3) is 0 Å². The number of nitrogens with one attached hydrogen (secondary N) is 1. The third-order valence-corrected chi connectivity index (χ3v) is 4.12. The Morgan fingerprint density at radius 1 is 1.30 bits per heavy atom. The van der Waals surface area contributed by atoms with E-state index in [9.17, 15) is 0 Å². The Bertz CT molecular complexity index is 405. The van der Waals surface area contributed by atoms with E-state index in [4.69, 9.17) is 4.74 Å². The quantitative estimate of drug-likeness (QED) is 0.734. The summed E-state index contributed by atoms with van der Waals surface area (Å²) in [5.41, 5.74) is 1.23. The van der Waals surface area contributed by atoms with Crippen LogP contribution in [0.2, 0.25) is 0 Å². The van der Waals surface area contributed by atoms with Crippen LogP contribution in [0.1, 0.15) is 31.7 Å². The first-order chi connectivity index (χ1) is 9.79. The van der Waals surface area contributed by atoms with E-state index in [1.165, 1.54) is 31.5 Å². The van der Waals surface area contributed by atoms with Gasteiger partial charge in [-0.3, -0.25) is 4.90 Å². The predicted octanol–water partition coefficient (Wildman–Crippen LogP) is 3.42. The minimum absolute atomic E-state index is 0.780. The largest absolute Gasteiger partial charge is 0.492 e. The van der Waals surface area contributed by atoms with Gasteiger partial charge in [-0.15, -0.1) is 0 Å². The zero-order valence-corrected chi connectivity index (χ0v) is 13.9. The van der Waals surface area contributed by atoms with Gasteiger partial charge in [0.25, 0.3) is 0 Å². The molecular formula is C16H25BrN2O. The van der Waals surface area contributed by atoms with E-state index < -0.39 is 0 Å². The second-order valence-corrected chi connectivity index (χ2v) is 6.24. The van der Waals surface area contributed by atoms with Gasteiger partial charge in [0.05, 0.1) is 0 Å². The van der Waals surface area contributed by atoms with Crippen molar-refractivity contribution in [2.75, 3.05) is 32.8 Å². The summed E-state index contributed by atoms with van der Waals surface area (Å²) in [4.78, 5) is 2.48. The van der Waals surface area contributed by atoms with E-state index in [2.05, 4.69) is 51.3 Å². The van der Waals surface area contributed by atoms with Crippen LogP contribution >= 0.6 is 15.9 Å². The van der Waals surface area contributed by atoms with Gasteiger partial charge in [-0.1, -0.05) is 22.9 Å². The highest BCUT2D eigenvalue weighted by molar-refractivity contribution is 9.10. The maximum Gasteiger partial charge on any atom is 0.123 e. The molecule has 0 amide bonds. The first kappa shape index (κ1) is 15.8. The van der Waals surface area contributed by atoms with Crippen molar-refractivity contribution in [3.05, 3.63) is 28.2 Å². The molecule has 0 unspecified atom stereocenters. The minimum atomic E-state index is 0.780. The van der Waals surface area contributed by atoms with Gasteiger partial charge in [-0.05, 0) is 57.1 Å². The van der Waals surface area contributed by atoms with Crippen LogP contribution in [0.15, 0.2) is 22.7 Å². The normalized spacial score (nSPS) is 15.7. The van der Waals surface area contributed by atoms with Gasteiger partial charge >= 0.3 is 0 Å². The van der Waals surface area contributed by atoms with Gasteiger partial charge in [0.1, 0.15) is 12.4 Å². The molecule has 0 aliphatic carbocycles. The van der Waals surface area contributed by atoms with Gasteiger partial charge in [-0.2, -0.15) is 0 Å². The van der Waals surface area contributed by atoms with Gasteiger partial charge in [0.15, 0.2) is 0 Å². The zero-order valence-electron chi connectivity index (χ0n) is 12.3. The van der Waals surface area contributed by atoms with Gasteiger partial charge < -0.3 is 10.1 Å². The molecule has 1 fully saturated rings. The van der Waals surface area contributed by atoms with E-state index in [0.29, 0.717) is 0 Å². The summed E-state index contributed by atoms with van der Waals surface area (Å²) < 4.78 is 7.09. The second-order valence-electron chi connectivity index (χ2n) is 5.33. The lowest BCUT2D eigenvalue weighted by Gasteiger charge is -2.17. The third-order valence-electron chi connectivity index (χ3n) is 3.63. The summed E-state index contributed by atoms with van der Waals surface area (Å²) in [6.07, 6.45) is 3.83. The maximum atomic E-state index is 5.98. The van der Waals surface area contributed by atoms with Crippen LogP contribution in [-0.4, -0.2) is 37.7 Å². The van der Waals surface area contributed by atoms with Crippen LogP contribution in [0.4, 0.5) is 0 Å². The van der Waals surface area contributed by atoms with Crippen molar-refractivity contribution in [2.24, 2.45) is 0 Å². The Hall–Kier alpha value is -0.580. The lowest BCUT2D eigenvalue weighted by molar-refractivity contribution is 0.236. The smallest absolute Gasteiger partial charge is 0.123 e. The number of hydrogen-bond donors (Lipinski definition) is 1. The number of rotatable bonds is 8. The van der Waals surface area contributed by atoms with Crippen LogP contribution in [0.5, 0.6) is 5.75 Å². The van der Waals surface area contributed by atoms with Crippen LogP contribution in [0.3, 0.4) is 0 Å². The molecule has 1 aromatic carbocycles. The molecule has 1 aromatic rings. The van der Waals surface area contributed by atoms with Crippen molar-refractivity contribution < 1.29 is 4.74 Å². The van der Waals surface area contributed by atoms with E-state index in [1.54, 1.807) is 0 Å². The average Bonchev–Trinajstić information content (AvgIpc) is 2.95. The number of likely N-dealkylation sites (tertiary alicyclic amines) is 1. The van der Waals surface area contributed by atoms with Crippen molar-refractivity contribution in [1.29, 1.82) is 0 Å². The van der Waals surface area contributed by atoms with Gasteiger partial charge in [0.2, 0.25) is 0 Å². The van der Waals surface area contributed by atoms with Crippen molar-refractivity contribution in [3.63, 3.8) is 0 Å². The summed E-state index contributed by atoms with van der Waals surface area (Å²) in [6.45, 7) is 8.37. The highest BCUT2D eigenvalue weighted by atomic mass is 79.9. The van der Waals surface area contributed by atoms with Crippen molar-refractivity contribution in [3.8, 4) is 5.75 Å². The van der Waals surface area contributed by atoms with Crippen molar-refractivity contribution in [1.82, 2.24) is 10.2 Å². The molecule has 4 heteroatoms. The molecule has 0 saturated carbocycles. The first-order valence-electron chi connectivity index (χ1n) is 7.64. The summed E-state index contributed by atoms with van der Waals surface area (Å²) in [5, 5.41) is 3.44. The lowest BCUT2D eigenvalue weighted by atomic mass is 10.2. The molecule has 1 aliphatic heterocycles. The molecule has 1 heterocycles. The highest BCUT2D eigenvalue weighted by Crippen LogP contribution is 2.23. The number of ether oxygens (including phenoxy) is 1. The molecule has 0 radical (unpaired) electrons. The molecule has 0 bridgehead atoms. The molecule has 112 valence electrons. The highest BCUT2D eigenvalue weighted by Gasteiger charge is 2.11. The average molecular weight is 341 g/mol. The van der Waals surface area contributed by atoms with Crippen LogP contribution in [-0.2, 0) is 6.54 Å². The predicted molar refractivity (Wildman–Crippen MR) is 87.3 cm³/mol. The Morgan fingerprint density at radius 3 is 2.85 bits per heavy atom. The summed E-state index contributed by atoms with van der Waals surface area (Å²) in [6, 6.07) is 6.26. The Labute approximate surface area is 130 Å². The summed E-state index contributed by atoms with van der Waals surface area (Å²) >= 11 is 3.54. The Kier molecular flexibility index (Phi) is 6.83. The molecule has 0 spiro atoms. The topological polar surface area (TPSA) is 24.5 Å². The maximum absolute atomic E-state index is 5.98. The van der Waals surface area contributed by atoms with Gasteiger partial charge in [0, 0.05) is 23.1 Å². The van der Waals surface area contributed by atoms with Crippen LogP contribution in [0, 0.1) is 0 Å². The summed E-state index contributed by atoms with van der Waals surface area (Å²) in [7, 11) is 0. The monoisotopic (exact) mass is 340 g/mol. The second kappa shape index (κ2) is 8.65. The van der Waals surface area contributed by atoms with Crippen molar-refractivity contribution >= 4 is 15.9 Å². The zero-order chi connectivity index (χ0) is 14.2. The fourth-order valence-corrected chi connectivity index (χ4v) is 2.93. The molecule has 1 N–H and O–H groups in total. The molecule has 20 heavy (non-hydrogen) atoms. The van der Waals surface area contributed by atoms with Crippen molar-refractivity contribution in [2.45, 2.75) is 32.7 Å². The fourth-order valence-electron chi connectivity index (χ4n) is 2.52. The minimum Gasteiger partial charge on any atom is -0.492 e. The van der Waals surface area contributed by atoms with Gasteiger partial charge in [-0.25, -0.2) is 0 Å². The third kappa shape index (κ3) is 5.08. The fraction of sp³-hybridized carbons (Fsp3) is 0.625. The van der Waals surface area contributed by atoms with Crippen LogP contribution < -0.4 is 10.1 Å². The molecule has 3 nitrogen and oxygen atoms in total. The van der Waals surface area contributed by atoms with E-state index in [1.807, 2.05) is 0 Å². The molecule has 2 rings (SSSR count). The van der Waals surface area contributed by atoms with E-state index >= 15 is 0 Å². The Balaban J connectivity index is 1.84.